The molecule has 1 N–H and O–H groups in total. The van der Waals surface area contributed by atoms with E-state index in [1.54, 1.807) is 0 Å². The first-order valence-electron chi connectivity index (χ1n) is 8.99. The van der Waals surface area contributed by atoms with Crippen molar-refractivity contribution in [1.82, 2.24) is 19.4 Å². The van der Waals surface area contributed by atoms with Crippen LogP contribution in [0.4, 0.5) is 0 Å². The van der Waals surface area contributed by atoms with Gasteiger partial charge < -0.3 is 9.47 Å². The molecule has 0 atom stereocenters. The lowest BCUT2D eigenvalue weighted by Gasteiger charge is -2.28. The van der Waals surface area contributed by atoms with Crippen molar-refractivity contribution in [3.8, 4) is 11.5 Å². The summed E-state index contributed by atoms with van der Waals surface area (Å²) in [6.07, 6.45) is 1.15. The summed E-state index contributed by atoms with van der Waals surface area (Å²) in [5, 5.41) is 4.50. The minimum Gasteiger partial charge on any atom is -0.486 e. The van der Waals surface area contributed by atoms with Crippen molar-refractivity contribution in [2.75, 3.05) is 26.0 Å². The monoisotopic (exact) mass is 392 g/mol. The summed E-state index contributed by atoms with van der Waals surface area (Å²) in [5.41, 5.74) is 4.26. The Morgan fingerprint density at radius 3 is 2.63 bits per heavy atom. The van der Waals surface area contributed by atoms with Crippen molar-refractivity contribution in [2.45, 2.75) is 33.1 Å². The number of sulfonamides is 1. The summed E-state index contributed by atoms with van der Waals surface area (Å²) in [6, 6.07) is 6.10. The average Bonchev–Trinajstić information content (AvgIpc) is 3.02. The first-order valence-corrected chi connectivity index (χ1v) is 10.9. The van der Waals surface area contributed by atoms with E-state index in [2.05, 4.69) is 27.7 Å². The zero-order chi connectivity index (χ0) is 19.0. The van der Waals surface area contributed by atoms with Gasteiger partial charge in [0.1, 0.15) is 13.2 Å². The summed E-state index contributed by atoms with van der Waals surface area (Å²) in [5.74, 6) is 1.64. The highest BCUT2D eigenvalue weighted by Gasteiger charge is 2.21. The van der Waals surface area contributed by atoms with Gasteiger partial charge in [0.05, 0.1) is 30.7 Å². The summed E-state index contributed by atoms with van der Waals surface area (Å²) in [4.78, 5) is 2.36. The smallest absolute Gasteiger partial charge is 0.209 e. The van der Waals surface area contributed by atoms with Gasteiger partial charge in [0.2, 0.25) is 10.0 Å². The van der Waals surface area contributed by atoms with Crippen LogP contribution < -0.4 is 14.2 Å². The topological polar surface area (TPSA) is 85.7 Å². The summed E-state index contributed by atoms with van der Waals surface area (Å²) in [7, 11) is -3.22. The predicted molar refractivity (Wildman–Crippen MR) is 100 cm³/mol. The Morgan fingerprint density at radius 2 is 1.89 bits per heavy atom. The largest absolute Gasteiger partial charge is 0.486 e. The van der Waals surface area contributed by atoms with Gasteiger partial charge in [-0.25, -0.2) is 13.1 Å². The number of ether oxygens (including phenoxy) is 2. The number of aromatic nitrogens is 2. The van der Waals surface area contributed by atoms with E-state index in [-0.39, 0.29) is 6.54 Å². The van der Waals surface area contributed by atoms with Crippen LogP contribution in [-0.4, -0.2) is 49.1 Å². The molecular formula is C18H24N4O4S. The average molecular weight is 392 g/mol. The van der Waals surface area contributed by atoms with Gasteiger partial charge in [-0.15, -0.1) is 0 Å². The highest BCUT2D eigenvalue weighted by atomic mass is 32.2. The van der Waals surface area contributed by atoms with Crippen LogP contribution in [0.3, 0.4) is 0 Å². The molecule has 0 saturated heterocycles. The van der Waals surface area contributed by atoms with Crippen molar-refractivity contribution in [3.05, 3.63) is 40.7 Å². The molecule has 1 aromatic heterocycles. The van der Waals surface area contributed by atoms with E-state index in [1.165, 1.54) is 11.1 Å². The number of nitrogens with zero attached hydrogens (tertiary/aromatic N) is 3. The molecule has 146 valence electrons. The standard InChI is InChI=1S/C18H24N4O4S/c1-13-7-17-18(26-6-5-25-17)8-14(13)11-21-3-4-22-16(12-21)9-15(20-22)10-19-27(2,23)24/h7-9,19H,3-6,10-12H2,1-2H3. The number of fused-ring (bicyclic) bond motifs is 2. The molecule has 0 bridgehead atoms. The van der Waals surface area contributed by atoms with Crippen LogP contribution in [0, 0.1) is 6.92 Å². The van der Waals surface area contributed by atoms with Crippen LogP contribution in [0.5, 0.6) is 11.5 Å². The van der Waals surface area contributed by atoms with E-state index in [0.29, 0.717) is 13.2 Å². The fourth-order valence-electron chi connectivity index (χ4n) is 3.45. The van der Waals surface area contributed by atoms with Gasteiger partial charge in [0.25, 0.3) is 0 Å². The van der Waals surface area contributed by atoms with Gasteiger partial charge in [0.15, 0.2) is 11.5 Å². The van der Waals surface area contributed by atoms with Gasteiger partial charge in [0, 0.05) is 19.6 Å². The maximum Gasteiger partial charge on any atom is 0.209 e. The molecule has 2 aliphatic heterocycles. The highest BCUT2D eigenvalue weighted by Crippen LogP contribution is 2.33. The van der Waals surface area contributed by atoms with Crippen LogP contribution >= 0.6 is 0 Å². The maximum absolute atomic E-state index is 11.3. The molecule has 0 unspecified atom stereocenters. The Labute approximate surface area is 159 Å². The van der Waals surface area contributed by atoms with Crippen LogP contribution in [0.15, 0.2) is 18.2 Å². The molecule has 0 fully saturated rings. The van der Waals surface area contributed by atoms with Crippen molar-refractivity contribution in [2.24, 2.45) is 0 Å². The second-order valence-corrected chi connectivity index (χ2v) is 8.91. The minimum atomic E-state index is -3.22. The molecule has 0 amide bonds. The Hall–Kier alpha value is -2.10. The fraction of sp³-hybridized carbons (Fsp3) is 0.500. The molecule has 4 rings (SSSR count). The van der Waals surface area contributed by atoms with Gasteiger partial charge in [-0.05, 0) is 36.2 Å². The third-order valence-corrected chi connectivity index (χ3v) is 5.51. The number of aryl methyl sites for hydroxylation is 1. The molecular weight excluding hydrogens is 368 g/mol. The van der Waals surface area contributed by atoms with Gasteiger partial charge in [-0.3, -0.25) is 9.58 Å². The Bertz CT molecular complexity index is 955. The zero-order valence-electron chi connectivity index (χ0n) is 15.6. The summed E-state index contributed by atoms with van der Waals surface area (Å²) < 4.78 is 38.3. The normalized spacial score (nSPS) is 17.0. The molecule has 1 aromatic carbocycles. The van der Waals surface area contributed by atoms with Crippen LogP contribution in [0.2, 0.25) is 0 Å². The van der Waals surface area contributed by atoms with Crippen LogP contribution in [0.25, 0.3) is 0 Å². The Kier molecular flexibility index (Phi) is 4.83. The van der Waals surface area contributed by atoms with E-state index in [4.69, 9.17) is 9.47 Å². The maximum atomic E-state index is 11.3. The molecule has 0 saturated carbocycles. The Balaban J connectivity index is 1.45. The van der Waals surface area contributed by atoms with E-state index in [1.807, 2.05) is 16.8 Å². The van der Waals surface area contributed by atoms with E-state index in [0.717, 1.165) is 55.3 Å². The number of hydrogen-bond donors (Lipinski definition) is 1. The third-order valence-electron chi connectivity index (χ3n) is 4.84. The summed E-state index contributed by atoms with van der Waals surface area (Å²) >= 11 is 0. The predicted octanol–water partition coefficient (Wildman–Crippen LogP) is 1.03. The molecule has 2 aromatic rings. The number of benzene rings is 1. The van der Waals surface area contributed by atoms with Crippen LogP contribution in [-0.2, 0) is 36.2 Å². The number of nitrogens with one attached hydrogen (secondary N) is 1. The van der Waals surface area contributed by atoms with Crippen molar-refractivity contribution >= 4 is 10.0 Å². The molecule has 8 nitrogen and oxygen atoms in total. The van der Waals surface area contributed by atoms with E-state index < -0.39 is 10.0 Å². The quantitative estimate of drug-likeness (QED) is 0.818. The molecule has 0 aliphatic carbocycles. The van der Waals surface area contributed by atoms with Gasteiger partial charge in [-0.2, -0.15) is 5.10 Å². The second kappa shape index (κ2) is 7.14. The number of hydrogen-bond acceptors (Lipinski definition) is 6. The molecule has 2 aliphatic rings. The summed E-state index contributed by atoms with van der Waals surface area (Å²) in [6.45, 7) is 6.78. The first-order chi connectivity index (χ1) is 12.9. The molecule has 0 spiro atoms. The lowest BCUT2D eigenvalue weighted by Crippen LogP contribution is -2.33. The van der Waals surface area contributed by atoms with Crippen molar-refractivity contribution in [3.63, 3.8) is 0 Å². The van der Waals surface area contributed by atoms with E-state index >= 15 is 0 Å². The number of rotatable bonds is 5. The first kappa shape index (κ1) is 18.3. The van der Waals surface area contributed by atoms with Gasteiger partial charge >= 0.3 is 0 Å². The lowest BCUT2D eigenvalue weighted by molar-refractivity contribution is 0.170. The minimum absolute atomic E-state index is 0.222. The SMILES string of the molecule is Cc1cc2c(cc1CN1CCn3nc(CNS(C)(=O)=O)cc3C1)OCCO2. The van der Waals surface area contributed by atoms with Crippen LogP contribution in [0.1, 0.15) is 22.5 Å². The molecule has 3 heterocycles. The lowest BCUT2D eigenvalue weighted by atomic mass is 10.1. The van der Waals surface area contributed by atoms with E-state index in [9.17, 15) is 8.42 Å². The Morgan fingerprint density at radius 1 is 1.15 bits per heavy atom. The van der Waals surface area contributed by atoms with Gasteiger partial charge in [-0.1, -0.05) is 0 Å². The third kappa shape index (κ3) is 4.26. The molecule has 27 heavy (non-hydrogen) atoms. The van der Waals surface area contributed by atoms with Crippen molar-refractivity contribution in [1.29, 1.82) is 0 Å². The van der Waals surface area contributed by atoms with Crippen molar-refractivity contribution < 1.29 is 17.9 Å². The fourth-order valence-corrected chi connectivity index (χ4v) is 3.86. The molecule has 9 heteroatoms. The second-order valence-electron chi connectivity index (χ2n) is 7.08. The highest BCUT2D eigenvalue weighted by molar-refractivity contribution is 7.88. The molecule has 0 radical (unpaired) electrons. The zero-order valence-corrected chi connectivity index (χ0v) is 16.4.